The van der Waals surface area contributed by atoms with E-state index in [1.807, 2.05) is 12.1 Å². The Bertz CT molecular complexity index is 839. The number of thioether (sulfide) groups is 1. The average molecular weight is 432 g/mol. The summed E-state index contributed by atoms with van der Waals surface area (Å²) in [6.45, 7) is 13.5. The van der Waals surface area contributed by atoms with Crippen LogP contribution in [0.1, 0.15) is 26.3 Å². The van der Waals surface area contributed by atoms with Gasteiger partial charge in [0.25, 0.3) is 0 Å². The molecule has 8 heteroatoms. The van der Waals surface area contributed by atoms with E-state index in [9.17, 15) is 4.79 Å². The lowest BCUT2D eigenvalue weighted by atomic mass is 10.1. The van der Waals surface area contributed by atoms with Gasteiger partial charge in [-0.3, -0.25) is 9.69 Å². The number of aromatic nitrogens is 3. The minimum absolute atomic E-state index is 0.00678. The van der Waals surface area contributed by atoms with E-state index in [0.717, 1.165) is 54.9 Å². The molecule has 0 radical (unpaired) electrons. The second kappa shape index (κ2) is 10.9. The Morgan fingerprint density at radius 3 is 2.87 bits per heavy atom. The molecule has 3 rings (SSSR count). The molecule has 1 aromatic carbocycles. The minimum Gasteiger partial charge on any atom is -0.374 e. The van der Waals surface area contributed by atoms with E-state index >= 15 is 0 Å². The Balaban J connectivity index is 1.51. The molecule has 0 bridgehead atoms. The number of nitrogens with one attached hydrogen (secondary N) is 1. The molecule has 2 aromatic rings. The maximum atomic E-state index is 12.4. The Morgan fingerprint density at radius 1 is 1.33 bits per heavy atom. The van der Waals surface area contributed by atoms with Gasteiger partial charge in [0.2, 0.25) is 5.91 Å². The third kappa shape index (κ3) is 6.06. The number of ether oxygens (including phenoxy) is 1. The molecule has 1 amide bonds. The van der Waals surface area contributed by atoms with E-state index in [-0.39, 0.29) is 12.0 Å². The fourth-order valence-corrected chi connectivity index (χ4v) is 4.53. The highest BCUT2D eigenvalue weighted by Gasteiger charge is 2.22. The zero-order valence-electron chi connectivity index (χ0n) is 18.4. The first-order valence-electron chi connectivity index (χ1n) is 10.7. The van der Waals surface area contributed by atoms with Crippen LogP contribution in [0.4, 0.5) is 0 Å². The van der Waals surface area contributed by atoms with Gasteiger partial charge in [0, 0.05) is 38.3 Å². The summed E-state index contributed by atoms with van der Waals surface area (Å²) in [6, 6.07) is 8.15. The number of carbonyl (C=O) groups excluding carboxylic acids is 1. The van der Waals surface area contributed by atoms with Crippen molar-refractivity contribution in [2.45, 2.75) is 45.5 Å². The van der Waals surface area contributed by atoms with Crippen LogP contribution in [0.2, 0.25) is 0 Å². The van der Waals surface area contributed by atoms with Crippen molar-refractivity contribution >= 4 is 17.7 Å². The normalized spacial score (nSPS) is 17.4. The van der Waals surface area contributed by atoms with Crippen LogP contribution in [0.5, 0.6) is 0 Å². The van der Waals surface area contributed by atoms with Crippen molar-refractivity contribution in [3.05, 3.63) is 29.8 Å². The summed E-state index contributed by atoms with van der Waals surface area (Å²) in [6.07, 6.45) is 0.0541. The van der Waals surface area contributed by atoms with E-state index in [2.05, 4.69) is 64.8 Å². The number of hydrogen-bond acceptors (Lipinski definition) is 6. The molecule has 0 aliphatic carbocycles. The molecular formula is C22H33N5O2S. The van der Waals surface area contributed by atoms with Crippen LogP contribution in [0.25, 0.3) is 11.4 Å². The van der Waals surface area contributed by atoms with Gasteiger partial charge in [0.05, 0.1) is 18.5 Å². The smallest absolute Gasteiger partial charge is 0.230 e. The number of nitrogens with zero attached hydrogens (tertiary/aromatic N) is 4. The van der Waals surface area contributed by atoms with Gasteiger partial charge in [-0.1, -0.05) is 49.9 Å². The highest BCUT2D eigenvalue weighted by atomic mass is 32.2. The lowest BCUT2D eigenvalue weighted by Crippen LogP contribution is -2.48. The van der Waals surface area contributed by atoms with Crippen molar-refractivity contribution in [1.29, 1.82) is 0 Å². The third-order valence-corrected chi connectivity index (χ3v) is 6.09. The first-order chi connectivity index (χ1) is 14.5. The van der Waals surface area contributed by atoms with Crippen LogP contribution >= 0.6 is 11.8 Å². The average Bonchev–Trinajstić information content (AvgIpc) is 3.13. The lowest BCUT2D eigenvalue weighted by molar-refractivity contribution is -0.119. The predicted octanol–water partition coefficient (Wildman–Crippen LogP) is 2.84. The second-order valence-corrected chi connectivity index (χ2v) is 9.05. The molecule has 0 saturated carbocycles. The van der Waals surface area contributed by atoms with E-state index in [0.29, 0.717) is 18.2 Å². The van der Waals surface area contributed by atoms with Crippen molar-refractivity contribution in [3.63, 3.8) is 0 Å². The summed E-state index contributed by atoms with van der Waals surface area (Å²) in [4.78, 5) is 14.8. The molecule has 7 nitrogen and oxygen atoms in total. The van der Waals surface area contributed by atoms with Gasteiger partial charge in [-0.2, -0.15) is 0 Å². The van der Waals surface area contributed by atoms with Gasteiger partial charge < -0.3 is 14.6 Å². The van der Waals surface area contributed by atoms with Crippen molar-refractivity contribution in [1.82, 2.24) is 25.0 Å². The Kier molecular flexibility index (Phi) is 8.30. The molecule has 30 heavy (non-hydrogen) atoms. The first kappa shape index (κ1) is 22.8. The quantitative estimate of drug-likeness (QED) is 0.616. The summed E-state index contributed by atoms with van der Waals surface area (Å²) < 4.78 is 7.88. The Labute approximate surface area is 183 Å². The van der Waals surface area contributed by atoms with Crippen LogP contribution in [0.3, 0.4) is 0 Å². The lowest BCUT2D eigenvalue weighted by Gasteiger charge is -2.33. The Hall–Kier alpha value is -1.90. The molecule has 2 heterocycles. The van der Waals surface area contributed by atoms with Crippen LogP contribution in [0.15, 0.2) is 29.4 Å². The van der Waals surface area contributed by atoms with Gasteiger partial charge in [-0.05, 0) is 25.3 Å². The van der Waals surface area contributed by atoms with Gasteiger partial charge in [-0.25, -0.2) is 0 Å². The zero-order valence-corrected chi connectivity index (χ0v) is 19.2. The van der Waals surface area contributed by atoms with E-state index in [1.54, 1.807) is 0 Å². The van der Waals surface area contributed by atoms with Crippen LogP contribution in [-0.4, -0.2) is 70.2 Å². The first-order valence-corrected chi connectivity index (χ1v) is 11.7. The number of morpholine rings is 1. The third-order valence-electron chi connectivity index (χ3n) is 5.12. The second-order valence-electron chi connectivity index (χ2n) is 8.10. The number of amides is 1. The number of rotatable bonds is 9. The molecule has 1 saturated heterocycles. The molecule has 1 aliphatic heterocycles. The van der Waals surface area contributed by atoms with Crippen LogP contribution < -0.4 is 5.32 Å². The zero-order chi connectivity index (χ0) is 21.5. The highest BCUT2D eigenvalue weighted by molar-refractivity contribution is 7.99. The molecule has 0 spiro atoms. The number of hydrogen-bond donors (Lipinski definition) is 1. The SMILES string of the molecule is CCn1c(SCC(=O)NCC2CN(CC(C)C)CCO2)nnc1-c1ccccc1C. The van der Waals surface area contributed by atoms with Crippen molar-refractivity contribution < 1.29 is 9.53 Å². The topological polar surface area (TPSA) is 72.3 Å². The fraction of sp³-hybridized carbons (Fsp3) is 0.591. The van der Waals surface area contributed by atoms with Crippen LogP contribution in [0, 0.1) is 12.8 Å². The molecular weight excluding hydrogens is 398 g/mol. The number of benzene rings is 1. The van der Waals surface area contributed by atoms with Crippen molar-refractivity contribution in [2.24, 2.45) is 5.92 Å². The van der Waals surface area contributed by atoms with Gasteiger partial charge in [0.15, 0.2) is 11.0 Å². The Morgan fingerprint density at radius 2 is 2.13 bits per heavy atom. The monoisotopic (exact) mass is 431 g/mol. The molecule has 1 fully saturated rings. The summed E-state index contributed by atoms with van der Waals surface area (Å²) in [5, 5.41) is 12.5. The standard InChI is InChI=1S/C22H33N5O2S/c1-5-27-21(19-9-7-6-8-17(19)4)24-25-22(27)30-15-20(28)23-12-18-14-26(10-11-29-18)13-16(2)3/h6-9,16,18H,5,10-15H2,1-4H3,(H,23,28). The van der Waals surface area contributed by atoms with Gasteiger partial charge >= 0.3 is 0 Å². The minimum atomic E-state index is -0.00678. The summed E-state index contributed by atoms with van der Waals surface area (Å²) >= 11 is 1.42. The molecule has 1 unspecified atom stereocenters. The predicted molar refractivity (Wildman–Crippen MR) is 121 cm³/mol. The van der Waals surface area contributed by atoms with Crippen molar-refractivity contribution in [3.8, 4) is 11.4 Å². The van der Waals surface area contributed by atoms with Crippen molar-refractivity contribution in [2.75, 3.05) is 38.5 Å². The maximum absolute atomic E-state index is 12.4. The van der Waals surface area contributed by atoms with E-state index < -0.39 is 0 Å². The number of carbonyl (C=O) groups is 1. The maximum Gasteiger partial charge on any atom is 0.230 e. The highest BCUT2D eigenvalue weighted by Crippen LogP contribution is 2.26. The largest absolute Gasteiger partial charge is 0.374 e. The molecule has 1 atom stereocenters. The van der Waals surface area contributed by atoms with E-state index in [4.69, 9.17) is 4.74 Å². The molecule has 1 N–H and O–H groups in total. The number of aryl methyl sites for hydroxylation is 1. The van der Waals surface area contributed by atoms with Gasteiger partial charge in [-0.15, -0.1) is 10.2 Å². The summed E-state index contributed by atoms with van der Waals surface area (Å²) in [5.41, 5.74) is 2.23. The molecule has 164 valence electrons. The molecule has 1 aromatic heterocycles. The molecule has 1 aliphatic rings. The summed E-state index contributed by atoms with van der Waals surface area (Å²) in [7, 11) is 0. The van der Waals surface area contributed by atoms with Crippen LogP contribution in [-0.2, 0) is 16.1 Å². The van der Waals surface area contributed by atoms with Gasteiger partial charge in [0.1, 0.15) is 0 Å². The van der Waals surface area contributed by atoms with E-state index in [1.165, 1.54) is 11.8 Å². The summed E-state index contributed by atoms with van der Waals surface area (Å²) in [5.74, 6) is 1.79. The fourth-order valence-electron chi connectivity index (χ4n) is 3.70.